The molecule has 0 unspecified atom stereocenters. The van der Waals surface area contributed by atoms with Crippen molar-refractivity contribution in [1.29, 1.82) is 0 Å². The molecule has 0 fully saturated rings. The van der Waals surface area contributed by atoms with Crippen molar-refractivity contribution < 1.29 is 23.7 Å². The van der Waals surface area contributed by atoms with Crippen LogP contribution in [0, 0.1) is 0 Å². The number of rotatable bonds is 8. The van der Waals surface area contributed by atoms with E-state index in [0.717, 1.165) is 5.69 Å². The van der Waals surface area contributed by atoms with Crippen molar-refractivity contribution in [3.8, 4) is 28.7 Å². The Balaban J connectivity index is 2.00. The highest BCUT2D eigenvalue weighted by molar-refractivity contribution is 5.90. The Morgan fingerprint density at radius 1 is 0.828 bits per heavy atom. The molecular weight excluding hydrogens is 376 g/mol. The van der Waals surface area contributed by atoms with Crippen LogP contribution in [0.4, 0.5) is 5.69 Å². The van der Waals surface area contributed by atoms with Crippen LogP contribution in [0.2, 0.25) is 0 Å². The van der Waals surface area contributed by atoms with Gasteiger partial charge in [0.2, 0.25) is 5.75 Å². The summed E-state index contributed by atoms with van der Waals surface area (Å²) in [6, 6.07) is 8.91. The van der Waals surface area contributed by atoms with Gasteiger partial charge in [0, 0.05) is 29.6 Å². The molecule has 2 aromatic carbocycles. The number of methoxy groups -OCH3 is 5. The number of aromatic amines is 1. The van der Waals surface area contributed by atoms with E-state index in [1.54, 1.807) is 39.5 Å². The number of ether oxygens (including phenoxy) is 5. The molecule has 8 nitrogen and oxygen atoms in total. The number of hydrogen-bond acceptors (Lipinski definition) is 7. The minimum Gasteiger partial charge on any atom is -0.497 e. The molecule has 0 spiro atoms. The highest BCUT2D eigenvalue weighted by Gasteiger charge is 2.18. The summed E-state index contributed by atoms with van der Waals surface area (Å²) >= 11 is 0. The van der Waals surface area contributed by atoms with Gasteiger partial charge in [-0.2, -0.15) is 0 Å². The minimum atomic E-state index is -0.216. The predicted octanol–water partition coefficient (Wildman–Crippen LogP) is 3.18. The zero-order chi connectivity index (χ0) is 21.0. The quantitative estimate of drug-likeness (QED) is 0.600. The molecule has 1 aromatic heterocycles. The first-order valence-corrected chi connectivity index (χ1v) is 8.87. The number of fused-ring (bicyclic) bond motifs is 1. The van der Waals surface area contributed by atoms with E-state index >= 15 is 0 Å². The number of benzene rings is 2. The molecule has 0 atom stereocenters. The van der Waals surface area contributed by atoms with Gasteiger partial charge in [-0.1, -0.05) is 0 Å². The van der Waals surface area contributed by atoms with Gasteiger partial charge in [-0.15, -0.1) is 0 Å². The largest absolute Gasteiger partial charge is 0.497 e. The molecule has 29 heavy (non-hydrogen) atoms. The molecule has 0 saturated heterocycles. The van der Waals surface area contributed by atoms with E-state index in [4.69, 9.17) is 23.7 Å². The minimum absolute atomic E-state index is 0.216. The molecule has 8 heteroatoms. The molecule has 0 aliphatic rings. The van der Waals surface area contributed by atoms with Crippen LogP contribution in [0.15, 0.2) is 35.1 Å². The number of pyridine rings is 1. The molecule has 2 N–H and O–H groups in total. The van der Waals surface area contributed by atoms with E-state index < -0.39 is 0 Å². The first-order valence-electron chi connectivity index (χ1n) is 8.87. The van der Waals surface area contributed by atoms with Crippen molar-refractivity contribution in [2.75, 3.05) is 40.9 Å². The number of H-pyrrole nitrogens is 1. The highest BCUT2D eigenvalue weighted by Crippen LogP contribution is 2.42. The van der Waals surface area contributed by atoms with Gasteiger partial charge in [0.25, 0.3) is 5.56 Å². The van der Waals surface area contributed by atoms with E-state index in [-0.39, 0.29) is 12.1 Å². The molecule has 0 saturated carbocycles. The Bertz CT molecular complexity index is 1080. The van der Waals surface area contributed by atoms with Crippen LogP contribution in [-0.4, -0.2) is 40.5 Å². The van der Waals surface area contributed by atoms with Crippen LogP contribution >= 0.6 is 0 Å². The average Bonchev–Trinajstić information content (AvgIpc) is 2.75. The standard InChI is InChI=1S/C21H24N2O6/c1-25-13-6-7-15(17(9-13)26-2)22-11-12-8-14-16(23-21(12)24)10-18(27-3)20(29-5)19(14)28-4/h6-10,22H,11H2,1-5H3,(H,23,24). The summed E-state index contributed by atoms with van der Waals surface area (Å²) in [7, 11) is 7.78. The summed E-state index contributed by atoms with van der Waals surface area (Å²) in [6.45, 7) is 0.283. The Labute approximate surface area is 168 Å². The Kier molecular flexibility index (Phi) is 6.01. The number of nitrogens with one attached hydrogen (secondary N) is 2. The maximum absolute atomic E-state index is 12.6. The molecule has 1 heterocycles. The van der Waals surface area contributed by atoms with Gasteiger partial charge in [0.15, 0.2) is 11.5 Å². The van der Waals surface area contributed by atoms with Gasteiger partial charge < -0.3 is 34.0 Å². The Hall–Kier alpha value is -3.55. The van der Waals surface area contributed by atoms with Crippen molar-refractivity contribution in [1.82, 2.24) is 4.98 Å². The van der Waals surface area contributed by atoms with Gasteiger partial charge in [-0.3, -0.25) is 4.79 Å². The fourth-order valence-corrected chi connectivity index (χ4v) is 3.13. The third-order valence-electron chi connectivity index (χ3n) is 4.60. The molecule has 3 rings (SSSR count). The normalized spacial score (nSPS) is 10.5. The lowest BCUT2D eigenvalue weighted by atomic mass is 10.1. The average molecular weight is 400 g/mol. The predicted molar refractivity (Wildman–Crippen MR) is 111 cm³/mol. The molecule has 0 radical (unpaired) electrons. The summed E-state index contributed by atoms with van der Waals surface area (Å²) in [5, 5.41) is 3.94. The lowest BCUT2D eigenvalue weighted by Crippen LogP contribution is -2.16. The Morgan fingerprint density at radius 2 is 1.55 bits per heavy atom. The van der Waals surface area contributed by atoms with Crippen LogP contribution < -0.4 is 34.6 Å². The van der Waals surface area contributed by atoms with E-state index in [2.05, 4.69) is 10.3 Å². The van der Waals surface area contributed by atoms with Crippen LogP contribution in [0.5, 0.6) is 28.7 Å². The summed E-state index contributed by atoms with van der Waals surface area (Å²) in [5.41, 5.74) is 1.65. The summed E-state index contributed by atoms with van der Waals surface area (Å²) < 4.78 is 26.9. The van der Waals surface area contributed by atoms with E-state index in [1.807, 2.05) is 12.1 Å². The lowest BCUT2D eigenvalue weighted by molar-refractivity contribution is 0.327. The van der Waals surface area contributed by atoms with Gasteiger partial charge in [-0.05, 0) is 18.2 Å². The fourth-order valence-electron chi connectivity index (χ4n) is 3.13. The van der Waals surface area contributed by atoms with Gasteiger partial charge in [0.05, 0.1) is 46.8 Å². The molecule has 0 bridgehead atoms. The topological polar surface area (TPSA) is 91.0 Å². The fraction of sp³-hybridized carbons (Fsp3) is 0.286. The smallest absolute Gasteiger partial charge is 0.253 e. The maximum atomic E-state index is 12.6. The van der Waals surface area contributed by atoms with E-state index in [9.17, 15) is 4.79 Å². The zero-order valence-corrected chi connectivity index (χ0v) is 17.0. The van der Waals surface area contributed by atoms with E-state index in [1.165, 1.54) is 14.2 Å². The zero-order valence-electron chi connectivity index (χ0n) is 17.0. The first kappa shape index (κ1) is 20.2. The van der Waals surface area contributed by atoms with E-state index in [0.29, 0.717) is 45.2 Å². The second kappa shape index (κ2) is 8.64. The van der Waals surface area contributed by atoms with Crippen molar-refractivity contribution in [2.45, 2.75) is 6.54 Å². The van der Waals surface area contributed by atoms with Crippen LogP contribution in [0.1, 0.15) is 5.56 Å². The molecule has 0 aliphatic carbocycles. The number of anilines is 1. The highest BCUT2D eigenvalue weighted by atomic mass is 16.5. The van der Waals surface area contributed by atoms with Crippen molar-refractivity contribution in [2.24, 2.45) is 0 Å². The first-order chi connectivity index (χ1) is 14.1. The second-order valence-electron chi connectivity index (χ2n) is 6.15. The summed E-state index contributed by atoms with van der Waals surface area (Å²) in [5.74, 6) is 2.72. The number of aromatic nitrogens is 1. The van der Waals surface area contributed by atoms with Gasteiger partial charge in [-0.25, -0.2) is 0 Å². The van der Waals surface area contributed by atoms with Crippen molar-refractivity contribution >= 4 is 16.6 Å². The van der Waals surface area contributed by atoms with Crippen molar-refractivity contribution in [3.63, 3.8) is 0 Å². The summed E-state index contributed by atoms with van der Waals surface area (Å²) in [4.78, 5) is 15.5. The molecule has 0 aliphatic heterocycles. The second-order valence-corrected chi connectivity index (χ2v) is 6.15. The van der Waals surface area contributed by atoms with Crippen molar-refractivity contribution in [3.05, 3.63) is 46.2 Å². The van der Waals surface area contributed by atoms with Crippen LogP contribution in [0.25, 0.3) is 10.9 Å². The maximum Gasteiger partial charge on any atom is 0.253 e. The SMILES string of the molecule is COc1ccc(NCc2cc3c(OC)c(OC)c(OC)cc3[nH]c2=O)c(OC)c1. The molecule has 0 amide bonds. The van der Waals surface area contributed by atoms with Gasteiger partial charge in [0.1, 0.15) is 11.5 Å². The van der Waals surface area contributed by atoms with Crippen LogP contribution in [0.3, 0.4) is 0 Å². The molecule has 154 valence electrons. The molecular formula is C21H24N2O6. The third kappa shape index (κ3) is 3.87. The van der Waals surface area contributed by atoms with Gasteiger partial charge >= 0.3 is 0 Å². The lowest BCUT2D eigenvalue weighted by Gasteiger charge is -2.16. The number of hydrogen-bond donors (Lipinski definition) is 2. The molecule has 3 aromatic rings. The summed E-state index contributed by atoms with van der Waals surface area (Å²) in [6.07, 6.45) is 0. The Morgan fingerprint density at radius 3 is 2.17 bits per heavy atom. The van der Waals surface area contributed by atoms with Crippen LogP contribution in [-0.2, 0) is 6.54 Å². The monoisotopic (exact) mass is 400 g/mol. The third-order valence-corrected chi connectivity index (χ3v) is 4.60.